The van der Waals surface area contributed by atoms with E-state index in [2.05, 4.69) is 9.97 Å². The van der Waals surface area contributed by atoms with Crippen molar-refractivity contribution < 1.29 is 21.6 Å². The van der Waals surface area contributed by atoms with E-state index in [-0.39, 0.29) is 5.03 Å². The van der Waals surface area contributed by atoms with Crippen LogP contribution in [0.15, 0.2) is 29.7 Å². The van der Waals surface area contributed by atoms with Gasteiger partial charge < -0.3 is 4.98 Å². The Morgan fingerprint density at radius 3 is 2.56 bits per heavy atom. The van der Waals surface area contributed by atoms with Crippen LogP contribution in [0.4, 0.5) is 18.9 Å². The summed E-state index contributed by atoms with van der Waals surface area (Å²) in [7, 11) is -4.17. The molecular formula is C9H6F3N3O2S. The van der Waals surface area contributed by atoms with Gasteiger partial charge >= 0.3 is 0 Å². The van der Waals surface area contributed by atoms with Gasteiger partial charge in [0, 0.05) is 12.1 Å². The molecule has 18 heavy (non-hydrogen) atoms. The molecule has 2 N–H and O–H groups in total. The van der Waals surface area contributed by atoms with E-state index in [0.29, 0.717) is 12.1 Å². The number of rotatable bonds is 3. The van der Waals surface area contributed by atoms with Gasteiger partial charge in [-0.25, -0.2) is 18.2 Å². The summed E-state index contributed by atoms with van der Waals surface area (Å²) in [6, 6.07) is 0.843. The Labute approximate surface area is 99.7 Å². The Morgan fingerprint density at radius 2 is 1.94 bits per heavy atom. The fourth-order valence-electron chi connectivity index (χ4n) is 1.22. The molecular weight excluding hydrogens is 271 g/mol. The molecule has 0 radical (unpaired) electrons. The molecule has 0 unspecified atom stereocenters. The lowest BCUT2D eigenvalue weighted by Crippen LogP contribution is -2.15. The summed E-state index contributed by atoms with van der Waals surface area (Å²) in [5, 5.41) is -0.355. The maximum atomic E-state index is 13.3. The Morgan fingerprint density at radius 1 is 1.22 bits per heavy atom. The lowest BCUT2D eigenvalue weighted by atomic mass is 10.3. The number of sulfonamides is 1. The highest BCUT2D eigenvalue weighted by Crippen LogP contribution is 2.21. The fourth-order valence-corrected chi connectivity index (χ4v) is 2.18. The van der Waals surface area contributed by atoms with E-state index in [0.717, 1.165) is 12.5 Å². The van der Waals surface area contributed by atoms with E-state index < -0.39 is 33.2 Å². The molecule has 0 amide bonds. The van der Waals surface area contributed by atoms with Crippen molar-refractivity contribution in [3.05, 3.63) is 42.1 Å². The lowest BCUT2D eigenvalue weighted by molar-refractivity contribution is 0.498. The van der Waals surface area contributed by atoms with Crippen LogP contribution in [0.3, 0.4) is 0 Å². The first-order valence-electron chi connectivity index (χ1n) is 4.56. The van der Waals surface area contributed by atoms with Crippen molar-refractivity contribution in [2.75, 3.05) is 4.72 Å². The van der Waals surface area contributed by atoms with Gasteiger partial charge in [0.05, 0.1) is 18.2 Å². The minimum absolute atomic E-state index is 0.309. The van der Waals surface area contributed by atoms with Gasteiger partial charge in [0.15, 0.2) is 16.7 Å². The number of nitrogens with one attached hydrogen (secondary N) is 2. The Hall–Kier alpha value is -2.03. The van der Waals surface area contributed by atoms with Crippen LogP contribution >= 0.6 is 0 Å². The van der Waals surface area contributed by atoms with Crippen LogP contribution in [-0.4, -0.2) is 18.4 Å². The highest BCUT2D eigenvalue weighted by molar-refractivity contribution is 7.92. The number of aromatic amines is 1. The van der Waals surface area contributed by atoms with E-state index in [1.807, 2.05) is 0 Å². The van der Waals surface area contributed by atoms with Gasteiger partial charge in [-0.05, 0) is 0 Å². The van der Waals surface area contributed by atoms with Crippen molar-refractivity contribution in [2.24, 2.45) is 0 Å². The molecule has 1 aromatic heterocycles. The van der Waals surface area contributed by atoms with E-state index in [9.17, 15) is 21.6 Å². The van der Waals surface area contributed by atoms with E-state index in [4.69, 9.17) is 0 Å². The SMILES string of the molecule is O=S(=O)(Nc1cc(F)cc(F)c1F)c1cnc[nH]1. The zero-order valence-electron chi connectivity index (χ0n) is 8.62. The number of halogens is 3. The molecule has 1 aromatic carbocycles. The summed E-state index contributed by atoms with van der Waals surface area (Å²) in [5.74, 6) is -4.08. The first-order valence-corrected chi connectivity index (χ1v) is 6.04. The van der Waals surface area contributed by atoms with Crippen molar-refractivity contribution in [1.29, 1.82) is 0 Å². The first-order chi connectivity index (χ1) is 8.40. The largest absolute Gasteiger partial charge is 0.334 e. The third kappa shape index (κ3) is 2.30. The van der Waals surface area contributed by atoms with Crippen molar-refractivity contribution in [3.8, 4) is 0 Å². The molecule has 5 nitrogen and oxygen atoms in total. The van der Waals surface area contributed by atoms with E-state index in [1.165, 1.54) is 0 Å². The molecule has 0 aliphatic rings. The van der Waals surface area contributed by atoms with E-state index >= 15 is 0 Å². The number of hydrogen-bond acceptors (Lipinski definition) is 3. The van der Waals surface area contributed by atoms with Crippen LogP contribution in [-0.2, 0) is 10.0 Å². The summed E-state index contributed by atoms with van der Waals surface area (Å²) in [6.07, 6.45) is 2.06. The van der Waals surface area contributed by atoms with Crippen molar-refractivity contribution in [2.45, 2.75) is 5.03 Å². The number of hydrogen-bond donors (Lipinski definition) is 2. The summed E-state index contributed by atoms with van der Waals surface area (Å²) in [5.41, 5.74) is -0.817. The summed E-state index contributed by atoms with van der Waals surface area (Å²) < 4.78 is 64.0. The van der Waals surface area contributed by atoms with Gasteiger partial charge in [-0.2, -0.15) is 8.42 Å². The average molecular weight is 277 g/mol. The molecule has 0 atom stereocenters. The van der Waals surface area contributed by atoms with Crippen molar-refractivity contribution >= 4 is 15.7 Å². The third-order valence-corrected chi connectivity index (χ3v) is 3.29. The number of anilines is 1. The number of benzene rings is 1. The molecule has 0 bridgehead atoms. The molecule has 0 saturated heterocycles. The van der Waals surface area contributed by atoms with Crippen LogP contribution in [0, 0.1) is 17.5 Å². The predicted octanol–water partition coefficient (Wildman–Crippen LogP) is 1.63. The zero-order chi connectivity index (χ0) is 13.3. The lowest BCUT2D eigenvalue weighted by Gasteiger charge is -2.07. The Balaban J connectivity index is 2.41. The van der Waals surface area contributed by atoms with Crippen molar-refractivity contribution in [3.63, 3.8) is 0 Å². The van der Waals surface area contributed by atoms with Crippen LogP contribution < -0.4 is 4.72 Å². The minimum Gasteiger partial charge on any atom is -0.334 e. The molecule has 9 heteroatoms. The van der Waals surface area contributed by atoms with Gasteiger partial charge in [-0.15, -0.1) is 0 Å². The zero-order valence-corrected chi connectivity index (χ0v) is 9.43. The second-order valence-corrected chi connectivity index (χ2v) is 4.92. The number of aromatic nitrogens is 2. The summed E-state index contributed by atoms with van der Waals surface area (Å²) in [4.78, 5) is 5.75. The second-order valence-electron chi connectivity index (χ2n) is 3.27. The Kier molecular flexibility index (Phi) is 2.99. The minimum atomic E-state index is -4.17. The Bertz CT molecular complexity index is 671. The summed E-state index contributed by atoms with van der Waals surface area (Å²) >= 11 is 0. The highest BCUT2D eigenvalue weighted by Gasteiger charge is 2.20. The molecule has 0 fully saturated rings. The van der Waals surface area contributed by atoms with E-state index in [1.54, 1.807) is 4.72 Å². The molecule has 2 rings (SSSR count). The van der Waals surface area contributed by atoms with Gasteiger partial charge in [-0.3, -0.25) is 4.72 Å². The number of nitrogens with zero attached hydrogens (tertiary/aromatic N) is 1. The van der Waals surface area contributed by atoms with Crippen LogP contribution in [0.2, 0.25) is 0 Å². The smallest absolute Gasteiger partial charge is 0.279 e. The maximum absolute atomic E-state index is 13.3. The highest BCUT2D eigenvalue weighted by atomic mass is 32.2. The van der Waals surface area contributed by atoms with Crippen LogP contribution in [0.5, 0.6) is 0 Å². The third-order valence-electron chi connectivity index (χ3n) is 2.00. The van der Waals surface area contributed by atoms with Crippen LogP contribution in [0.1, 0.15) is 0 Å². The standard InChI is InChI=1S/C9H6F3N3O2S/c10-5-1-6(11)9(12)7(2-5)15-18(16,17)8-3-13-4-14-8/h1-4,15H,(H,13,14). The number of imidazole rings is 1. The van der Waals surface area contributed by atoms with Crippen LogP contribution in [0.25, 0.3) is 0 Å². The molecule has 0 spiro atoms. The van der Waals surface area contributed by atoms with Gasteiger partial charge in [0.25, 0.3) is 10.0 Å². The fraction of sp³-hybridized carbons (Fsp3) is 0. The quantitative estimate of drug-likeness (QED) is 0.837. The van der Waals surface area contributed by atoms with Gasteiger partial charge in [0.1, 0.15) is 5.82 Å². The molecule has 1 heterocycles. The first kappa shape index (κ1) is 12.4. The van der Waals surface area contributed by atoms with Crippen molar-refractivity contribution in [1.82, 2.24) is 9.97 Å². The maximum Gasteiger partial charge on any atom is 0.279 e. The normalized spacial score (nSPS) is 11.5. The topological polar surface area (TPSA) is 74.8 Å². The van der Waals surface area contributed by atoms with Gasteiger partial charge in [0.2, 0.25) is 0 Å². The molecule has 0 aliphatic carbocycles. The summed E-state index contributed by atoms with van der Waals surface area (Å²) in [6.45, 7) is 0. The average Bonchev–Trinajstić information content (AvgIpc) is 2.78. The monoisotopic (exact) mass is 277 g/mol. The molecule has 96 valence electrons. The molecule has 2 aromatic rings. The molecule has 0 aliphatic heterocycles. The second kappa shape index (κ2) is 4.33. The predicted molar refractivity (Wildman–Crippen MR) is 55.7 cm³/mol. The van der Waals surface area contributed by atoms with Gasteiger partial charge in [-0.1, -0.05) is 0 Å². The molecule has 0 saturated carbocycles. The number of H-pyrrole nitrogens is 1.